The van der Waals surface area contributed by atoms with Gasteiger partial charge in [-0.15, -0.1) is 0 Å². The SMILES string of the molecule is Cc1cc(C)c(CC(CN)c2cccc(Cl)c2)c(C)c1. The lowest BCUT2D eigenvalue weighted by Crippen LogP contribution is -2.16. The van der Waals surface area contributed by atoms with Gasteiger partial charge in [-0.2, -0.15) is 0 Å². The molecule has 0 heterocycles. The summed E-state index contributed by atoms with van der Waals surface area (Å²) in [7, 11) is 0. The molecular weight excluding hydrogens is 266 g/mol. The van der Waals surface area contributed by atoms with E-state index in [-0.39, 0.29) is 0 Å². The van der Waals surface area contributed by atoms with Gasteiger partial charge in [-0.3, -0.25) is 0 Å². The summed E-state index contributed by atoms with van der Waals surface area (Å²) in [5.41, 5.74) is 12.6. The van der Waals surface area contributed by atoms with E-state index in [1.165, 1.54) is 27.8 Å². The van der Waals surface area contributed by atoms with Crippen LogP contribution in [-0.2, 0) is 6.42 Å². The van der Waals surface area contributed by atoms with Crippen molar-refractivity contribution in [2.45, 2.75) is 33.1 Å². The molecule has 0 radical (unpaired) electrons. The minimum atomic E-state index is 0.314. The first-order chi connectivity index (χ1) is 9.51. The van der Waals surface area contributed by atoms with Gasteiger partial charge < -0.3 is 5.73 Å². The number of benzene rings is 2. The molecule has 0 saturated heterocycles. The van der Waals surface area contributed by atoms with Gasteiger partial charge in [0.25, 0.3) is 0 Å². The van der Waals surface area contributed by atoms with E-state index in [0.717, 1.165) is 11.4 Å². The predicted octanol–water partition coefficient (Wildman–Crippen LogP) is 4.55. The van der Waals surface area contributed by atoms with E-state index < -0.39 is 0 Å². The number of rotatable bonds is 4. The van der Waals surface area contributed by atoms with Gasteiger partial charge in [0.15, 0.2) is 0 Å². The van der Waals surface area contributed by atoms with E-state index in [2.05, 4.69) is 39.0 Å². The van der Waals surface area contributed by atoms with Crippen LogP contribution in [0.25, 0.3) is 0 Å². The standard InChI is InChI=1S/C18H22ClN/c1-12-7-13(2)18(14(3)8-12)10-16(11-20)15-5-4-6-17(19)9-15/h4-9,16H,10-11,20H2,1-3H3. The van der Waals surface area contributed by atoms with E-state index in [1.54, 1.807) is 0 Å². The predicted molar refractivity (Wildman–Crippen MR) is 87.6 cm³/mol. The Morgan fingerprint density at radius 1 is 1.05 bits per heavy atom. The molecule has 2 heteroatoms. The Hall–Kier alpha value is -1.31. The molecule has 106 valence electrons. The van der Waals surface area contributed by atoms with E-state index in [4.69, 9.17) is 17.3 Å². The summed E-state index contributed by atoms with van der Waals surface area (Å²) in [6.07, 6.45) is 0.967. The first kappa shape index (κ1) is 15.1. The number of halogens is 1. The minimum Gasteiger partial charge on any atom is -0.330 e. The highest BCUT2D eigenvalue weighted by atomic mass is 35.5. The van der Waals surface area contributed by atoms with Gasteiger partial charge in [-0.25, -0.2) is 0 Å². The van der Waals surface area contributed by atoms with Crippen molar-refractivity contribution < 1.29 is 0 Å². The normalized spacial score (nSPS) is 12.4. The van der Waals surface area contributed by atoms with E-state index in [0.29, 0.717) is 12.5 Å². The van der Waals surface area contributed by atoms with Gasteiger partial charge in [0, 0.05) is 10.9 Å². The van der Waals surface area contributed by atoms with Gasteiger partial charge in [-0.05, 0) is 68.1 Å². The van der Waals surface area contributed by atoms with Crippen LogP contribution < -0.4 is 5.73 Å². The summed E-state index contributed by atoms with van der Waals surface area (Å²) in [5, 5.41) is 0.776. The molecule has 0 saturated carbocycles. The van der Waals surface area contributed by atoms with Crippen molar-refractivity contribution in [1.82, 2.24) is 0 Å². The van der Waals surface area contributed by atoms with Crippen molar-refractivity contribution in [1.29, 1.82) is 0 Å². The third-order valence-corrected chi connectivity index (χ3v) is 4.13. The van der Waals surface area contributed by atoms with Crippen LogP contribution in [0.4, 0.5) is 0 Å². The molecule has 0 spiro atoms. The van der Waals surface area contributed by atoms with Crippen LogP contribution >= 0.6 is 11.6 Å². The zero-order valence-corrected chi connectivity index (χ0v) is 13.2. The number of hydrogen-bond acceptors (Lipinski definition) is 1. The Balaban J connectivity index is 2.32. The van der Waals surface area contributed by atoms with Crippen LogP contribution in [0.1, 0.15) is 33.7 Å². The largest absolute Gasteiger partial charge is 0.330 e. The summed E-state index contributed by atoms with van der Waals surface area (Å²) in [6, 6.07) is 12.5. The second-order valence-corrected chi connectivity index (χ2v) is 6.01. The van der Waals surface area contributed by atoms with Gasteiger partial charge in [-0.1, -0.05) is 41.4 Å². The zero-order valence-electron chi connectivity index (χ0n) is 12.4. The van der Waals surface area contributed by atoms with Crippen LogP contribution in [0.15, 0.2) is 36.4 Å². The van der Waals surface area contributed by atoms with Crippen molar-refractivity contribution in [2.24, 2.45) is 5.73 Å². The molecule has 0 aliphatic heterocycles. The number of hydrogen-bond donors (Lipinski definition) is 1. The molecule has 0 aliphatic rings. The Morgan fingerprint density at radius 2 is 1.70 bits per heavy atom. The van der Waals surface area contributed by atoms with E-state index in [1.807, 2.05) is 18.2 Å². The zero-order chi connectivity index (χ0) is 14.7. The number of nitrogens with two attached hydrogens (primary N) is 1. The van der Waals surface area contributed by atoms with Gasteiger partial charge >= 0.3 is 0 Å². The Kier molecular flexibility index (Phi) is 4.85. The van der Waals surface area contributed by atoms with E-state index >= 15 is 0 Å². The second-order valence-electron chi connectivity index (χ2n) is 5.57. The molecule has 2 aromatic rings. The van der Waals surface area contributed by atoms with Crippen molar-refractivity contribution in [3.05, 3.63) is 69.2 Å². The molecule has 0 aromatic heterocycles. The van der Waals surface area contributed by atoms with Crippen molar-refractivity contribution in [2.75, 3.05) is 6.54 Å². The molecule has 0 amide bonds. The fourth-order valence-corrected chi connectivity index (χ4v) is 3.07. The number of aryl methyl sites for hydroxylation is 3. The fraction of sp³-hybridized carbons (Fsp3) is 0.333. The average Bonchev–Trinajstić information content (AvgIpc) is 2.38. The molecule has 0 bridgehead atoms. The highest BCUT2D eigenvalue weighted by Gasteiger charge is 2.14. The molecule has 20 heavy (non-hydrogen) atoms. The van der Waals surface area contributed by atoms with Gasteiger partial charge in [0.1, 0.15) is 0 Å². The molecule has 2 rings (SSSR count). The summed E-state index contributed by atoms with van der Waals surface area (Å²) >= 11 is 6.09. The Bertz CT molecular complexity index is 581. The molecule has 2 N–H and O–H groups in total. The van der Waals surface area contributed by atoms with Gasteiger partial charge in [0.2, 0.25) is 0 Å². The lowest BCUT2D eigenvalue weighted by Gasteiger charge is -2.19. The maximum Gasteiger partial charge on any atom is 0.0408 e. The van der Waals surface area contributed by atoms with Crippen LogP contribution in [0.3, 0.4) is 0 Å². The third-order valence-electron chi connectivity index (χ3n) is 3.90. The minimum absolute atomic E-state index is 0.314. The van der Waals surface area contributed by atoms with Crippen LogP contribution in [-0.4, -0.2) is 6.54 Å². The fourth-order valence-electron chi connectivity index (χ4n) is 2.88. The van der Waals surface area contributed by atoms with Crippen LogP contribution in [0, 0.1) is 20.8 Å². The molecule has 0 aliphatic carbocycles. The summed E-state index contributed by atoms with van der Waals surface area (Å²) in [5.74, 6) is 0.314. The summed E-state index contributed by atoms with van der Waals surface area (Å²) in [6.45, 7) is 7.13. The monoisotopic (exact) mass is 287 g/mol. The van der Waals surface area contributed by atoms with Gasteiger partial charge in [0.05, 0.1) is 0 Å². The molecule has 1 unspecified atom stereocenters. The highest BCUT2D eigenvalue weighted by molar-refractivity contribution is 6.30. The maximum absolute atomic E-state index is 6.09. The van der Waals surface area contributed by atoms with Crippen LogP contribution in [0.5, 0.6) is 0 Å². The Morgan fingerprint density at radius 3 is 2.25 bits per heavy atom. The highest BCUT2D eigenvalue weighted by Crippen LogP contribution is 2.26. The molecule has 1 atom stereocenters. The van der Waals surface area contributed by atoms with E-state index in [9.17, 15) is 0 Å². The van der Waals surface area contributed by atoms with Crippen molar-refractivity contribution >= 4 is 11.6 Å². The van der Waals surface area contributed by atoms with Crippen LogP contribution in [0.2, 0.25) is 5.02 Å². The van der Waals surface area contributed by atoms with Crippen molar-refractivity contribution in [3.8, 4) is 0 Å². The average molecular weight is 288 g/mol. The molecule has 0 fully saturated rings. The molecule has 1 nitrogen and oxygen atoms in total. The lowest BCUT2D eigenvalue weighted by molar-refractivity contribution is 0.689. The Labute approximate surface area is 126 Å². The van der Waals surface area contributed by atoms with Crippen molar-refractivity contribution in [3.63, 3.8) is 0 Å². The lowest BCUT2D eigenvalue weighted by atomic mass is 9.87. The second kappa shape index (κ2) is 6.43. The summed E-state index contributed by atoms with van der Waals surface area (Å²) < 4.78 is 0. The quantitative estimate of drug-likeness (QED) is 0.877. The first-order valence-corrected chi connectivity index (χ1v) is 7.41. The summed E-state index contributed by atoms with van der Waals surface area (Å²) in [4.78, 5) is 0. The third kappa shape index (κ3) is 3.41. The maximum atomic E-state index is 6.09. The topological polar surface area (TPSA) is 26.0 Å². The smallest absolute Gasteiger partial charge is 0.0408 e. The molecular formula is C18H22ClN. The first-order valence-electron chi connectivity index (χ1n) is 7.03. The molecule has 2 aromatic carbocycles.